The number of benzene rings is 1. The van der Waals surface area contributed by atoms with Crippen molar-refractivity contribution in [1.29, 1.82) is 0 Å². The van der Waals surface area contributed by atoms with Crippen LogP contribution < -0.4 is 0 Å². The Morgan fingerprint density at radius 3 is 2.81 bits per heavy atom. The smallest absolute Gasteiger partial charge is 0.123 e. The summed E-state index contributed by atoms with van der Waals surface area (Å²) < 4.78 is 15.2. The Bertz CT molecular complexity index is 617. The third kappa shape index (κ3) is 3.16. The lowest BCUT2D eigenvalue weighted by molar-refractivity contribution is 0.176. The fourth-order valence-electron chi connectivity index (χ4n) is 3.18. The lowest BCUT2D eigenvalue weighted by atomic mass is 10.00. The van der Waals surface area contributed by atoms with Crippen LogP contribution in [0, 0.1) is 12.7 Å². The van der Waals surface area contributed by atoms with Crippen LogP contribution >= 0.6 is 0 Å². The number of nitrogens with zero attached hydrogens (tertiary/aromatic N) is 2. The summed E-state index contributed by atoms with van der Waals surface area (Å²) in [5, 5.41) is 14.9. The minimum Gasteiger partial charge on any atom is -0.388 e. The number of aliphatic hydroxyl groups is 1. The Labute approximate surface area is 124 Å². The van der Waals surface area contributed by atoms with Gasteiger partial charge in [0.05, 0.1) is 17.8 Å². The Morgan fingerprint density at radius 2 is 2.10 bits per heavy atom. The van der Waals surface area contributed by atoms with E-state index in [4.69, 9.17) is 0 Å². The van der Waals surface area contributed by atoms with Gasteiger partial charge in [0.1, 0.15) is 5.82 Å². The van der Waals surface area contributed by atoms with E-state index in [9.17, 15) is 9.50 Å². The number of halogens is 1. The Morgan fingerprint density at radius 1 is 1.33 bits per heavy atom. The van der Waals surface area contributed by atoms with E-state index >= 15 is 0 Å². The molecule has 1 unspecified atom stereocenters. The molecule has 3 nitrogen and oxygen atoms in total. The molecule has 1 heterocycles. The molecule has 1 N–H and O–H groups in total. The van der Waals surface area contributed by atoms with E-state index in [1.165, 1.54) is 37.8 Å². The van der Waals surface area contributed by atoms with Gasteiger partial charge in [-0.3, -0.25) is 4.68 Å². The fourth-order valence-corrected chi connectivity index (χ4v) is 3.18. The first-order valence-corrected chi connectivity index (χ1v) is 7.61. The molecule has 21 heavy (non-hydrogen) atoms. The molecule has 4 heteroatoms. The molecule has 1 fully saturated rings. The summed E-state index contributed by atoms with van der Waals surface area (Å²) >= 11 is 0. The van der Waals surface area contributed by atoms with Gasteiger partial charge in [-0.2, -0.15) is 5.10 Å². The molecule has 0 saturated heterocycles. The number of hydrogen-bond donors (Lipinski definition) is 1. The first kappa shape index (κ1) is 14.3. The molecule has 1 atom stereocenters. The van der Waals surface area contributed by atoms with Crippen LogP contribution in [0.3, 0.4) is 0 Å². The normalized spacial score (nSPS) is 17.3. The van der Waals surface area contributed by atoms with Crippen molar-refractivity contribution in [2.75, 3.05) is 0 Å². The molecule has 0 aliphatic heterocycles. The number of aliphatic hydroxyl groups excluding tert-OH is 1. The van der Waals surface area contributed by atoms with Crippen molar-refractivity contribution in [1.82, 2.24) is 9.78 Å². The highest BCUT2D eigenvalue weighted by atomic mass is 19.1. The van der Waals surface area contributed by atoms with Gasteiger partial charge in [-0.1, -0.05) is 18.9 Å². The molecule has 0 bridgehead atoms. The van der Waals surface area contributed by atoms with Gasteiger partial charge in [0.25, 0.3) is 0 Å². The maximum absolute atomic E-state index is 13.1. The van der Waals surface area contributed by atoms with Crippen molar-refractivity contribution in [3.8, 4) is 0 Å². The largest absolute Gasteiger partial charge is 0.388 e. The SMILES string of the molecule is Cc1cc(F)ccc1C(O)Cc1ccn(C2CCCC2)n1. The quantitative estimate of drug-likeness (QED) is 0.931. The zero-order chi connectivity index (χ0) is 14.8. The molecule has 112 valence electrons. The summed E-state index contributed by atoms with van der Waals surface area (Å²) in [6, 6.07) is 6.99. The monoisotopic (exact) mass is 288 g/mol. The fraction of sp³-hybridized carbons (Fsp3) is 0.471. The Balaban J connectivity index is 1.70. The molecule has 0 spiro atoms. The van der Waals surface area contributed by atoms with Gasteiger partial charge in [-0.25, -0.2) is 4.39 Å². The highest BCUT2D eigenvalue weighted by Crippen LogP contribution is 2.29. The summed E-state index contributed by atoms with van der Waals surface area (Å²) in [5.41, 5.74) is 2.43. The minimum atomic E-state index is -0.641. The molecule has 1 aromatic carbocycles. The van der Waals surface area contributed by atoms with Crippen molar-refractivity contribution in [3.05, 3.63) is 53.1 Å². The average Bonchev–Trinajstić information content (AvgIpc) is 3.08. The summed E-state index contributed by atoms with van der Waals surface area (Å²) in [6.07, 6.45) is 6.77. The van der Waals surface area contributed by atoms with Crippen molar-refractivity contribution in [2.24, 2.45) is 0 Å². The lowest BCUT2D eigenvalue weighted by Gasteiger charge is -2.13. The van der Waals surface area contributed by atoms with Crippen LogP contribution in [0.1, 0.15) is 54.6 Å². The van der Waals surface area contributed by atoms with Crippen molar-refractivity contribution < 1.29 is 9.50 Å². The van der Waals surface area contributed by atoms with E-state index in [-0.39, 0.29) is 5.82 Å². The van der Waals surface area contributed by atoms with E-state index < -0.39 is 6.10 Å². The molecule has 0 radical (unpaired) electrons. The molecule has 0 amide bonds. The van der Waals surface area contributed by atoms with Crippen LogP contribution in [0.25, 0.3) is 0 Å². The van der Waals surface area contributed by atoms with Gasteiger partial charge in [0.2, 0.25) is 0 Å². The van der Waals surface area contributed by atoms with Crippen LogP contribution in [0.2, 0.25) is 0 Å². The number of rotatable bonds is 4. The molecule has 3 rings (SSSR count). The molecule has 1 aromatic heterocycles. The summed E-state index contributed by atoms with van der Waals surface area (Å²) in [6.45, 7) is 1.82. The second kappa shape index (κ2) is 5.98. The third-order valence-corrected chi connectivity index (χ3v) is 4.36. The first-order valence-electron chi connectivity index (χ1n) is 7.61. The number of aromatic nitrogens is 2. The first-order chi connectivity index (χ1) is 10.1. The third-order valence-electron chi connectivity index (χ3n) is 4.36. The van der Waals surface area contributed by atoms with Gasteiger partial charge in [-0.05, 0) is 49.1 Å². The molecule has 1 aliphatic rings. The Kier molecular flexibility index (Phi) is 4.06. The van der Waals surface area contributed by atoms with Crippen LogP contribution in [0.4, 0.5) is 4.39 Å². The van der Waals surface area contributed by atoms with Gasteiger partial charge < -0.3 is 5.11 Å². The molecule has 1 saturated carbocycles. The van der Waals surface area contributed by atoms with Crippen LogP contribution in [0.5, 0.6) is 0 Å². The predicted octanol–water partition coefficient (Wildman–Crippen LogP) is 3.72. The van der Waals surface area contributed by atoms with Gasteiger partial charge in [0, 0.05) is 12.6 Å². The van der Waals surface area contributed by atoms with Crippen LogP contribution in [-0.4, -0.2) is 14.9 Å². The summed E-state index contributed by atoms with van der Waals surface area (Å²) in [7, 11) is 0. The van der Waals surface area contributed by atoms with Gasteiger partial charge >= 0.3 is 0 Å². The van der Waals surface area contributed by atoms with E-state index in [2.05, 4.69) is 5.10 Å². The maximum atomic E-state index is 13.1. The summed E-state index contributed by atoms with van der Waals surface area (Å²) in [4.78, 5) is 0. The highest BCUT2D eigenvalue weighted by Gasteiger charge is 2.19. The molecule has 1 aliphatic carbocycles. The average molecular weight is 288 g/mol. The zero-order valence-corrected chi connectivity index (χ0v) is 12.3. The van der Waals surface area contributed by atoms with Crippen molar-refractivity contribution in [2.45, 2.75) is 51.2 Å². The second-order valence-corrected chi connectivity index (χ2v) is 5.95. The minimum absolute atomic E-state index is 0.269. The topological polar surface area (TPSA) is 38.0 Å². The van der Waals surface area contributed by atoms with E-state index in [1.807, 2.05) is 23.9 Å². The van der Waals surface area contributed by atoms with E-state index in [1.54, 1.807) is 6.07 Å². The van der Waals surface area contributed by atoms with Crippen molar-refractivity contribution >= 4 is 0 Å². The van der Waals surface area contributed by atoms with Crippen LogP contribution in [0.15, 0.2) is 30.5 Å². The maximum Gasteiger partial charge on any atom is 0.123 e. The van der Waals surface area contributed by atoms with Gasteiger partial charge in [0.15, 0.2) is 0 Å². The highest BCUT2D eigenvalue weighted by molar-refractivity contribution is 5.29. The standard InChI is InChI=1S/C17H21FN2O/c1-12-10-13(18)6-7-16(12)17(21)11-14-8-9-20(19-14)15-4-2-3-5-15/h6-10,15,17,21H,2-5,11H2,1H3. The van der Waals surface area contributed by atoms with E-state index in [0.717, 1.165) is 16.8 Å². The summed E-state index contributed by atoms with van der Waals surface area (Å²) in [5.74, 6) is -0.269. The Hall–Kier alpha value is -1.68. The zero-order valence-electron chi connectivity index (χ0n) is 12.3. The molecular formula is C17H21FN2O. The predicted molar refractivity (Wildman–Crippen MR) is 79.5 cm³/mol. The molecular weight excluding hydrogens is 267 g/mol. The van der Waals surface area contributed by atoms with Crippen LogP contribution in [-0.2, 0) is 6.42 Å². The number of hydrogen-bond acceptors (Lipinski definition) is 2. The molecule has 2 aromatic rings. The number of aryl methyl sites for hydroxylation is 1. The van der Waals surface area contributed by atoms with Crippen molar-refractivity contribution in [3.63, 3.8) is 0 Å². The van der Waals surface area contributed by atoms with Gasteiger partial charge in [-0.15, -0.1) is 0 Å². The van der Waals surface area contributed by atoms with E-state index in [0.29, 0.717) is 12.5 Å². The second-order valence-electron chi connectivity index (χ2n) is 5.95. The lowest BCUT2D eigenvalue weighted by Crippen LogP contribution is -2.08.